The molecule has 0 saturated carbocycles. The van der Waals surface area contributed by atoms with E-state index in [1.54, 1.807) is 11.9 Å². The number of hydrogen-bond acceptors (Lipinski definition) is 2. The van der Waals surface area contributed by atoms with E-state index in [2.05, 4.69) is 15.9 Å². The molecule has 0 spiro atoms. The third-order valence-electron chi connectivity index (χ3n) is 2.24. The lowest BCUT2D eigenvalue weighted by molar-refractivity contribution is 0.135. The highest BCUT2D eigenvalue weighted by molar-refractivity contribution is 9.10. The fraction of sp³-hybridized carbons (Fsp3) is 0.300. The van der Waals surface area contributed by atoms with Crippen molar-refractivity contribution in [1.82, 2.24) is 4.90 Å². The molecule has 0 radical (unpaired) electrons. The summed E-state index contributed by atoms with van der Waals surface area (Å²) >= 11 is 3.36. The van der Waals surface area contributed by atoms with Gasteiger partial charge < -0.3 is 9.64 Å². The molecular weight excluding hydrogens is 246 g/mol. The molecule has 1 aromatic carbocycles. The van der Waals surface area contributed by atoms with E-state index in [9.17, 15) is 4.79 Å². The summed E-state index contributed by atoms with van der Waals surface area (Å²) in [7, 11) is 1.74. The lowest BCUT2D eigenvalue weighted by atomic mass is 10.1. The molecule has 1 heterocycles. The highest BCUT2D eigenvalue weighted by Gasteiger charge is 2.29. The predicted octanol–water partition coefficient (Wildman–Crippen LogP) is 2.57. The lowest BCUT2D eigenvalue weighted by Gasteiger charge is -2.07. The molecule has 1 aromatic rings. The zero-order valence-corrected chi connectivity index (χ0v) is 9.32. The second-order valence-corrected chi connectivity index (χ2v) is 4.22. The number of benzene rings is 1. The van der Waals surface area contributed by atoms with Crippen molar-refractivity contribution in [2.75, 3.05) is 13.6 Å². The van der Waals surface area contributed by atoms with Crippen molar-refractivity contribution in [3.05, 3.63) is 34.3 Å². The number of cyclic esters (lactones) is 1. The van der Waals surface area contributed by atoms with Gasteiger partial charge in [-0.2, -0.15) is 0 Å². The molecular formula is C10H10BrNO2. The molecule has 2 rings (SSSR count). The zero-order valence-electron chi connectivity index (χ0n) is 7.74. The summed E-state index contributed by atoms with van der Waals surface area (Å²) in [4.78, 5) is 12.7. The van der Waals surface area contributed by atoms with Crippen LogP contribution in [0.5, 0.6) is 0 Å². The van der Waals surface area contributed by atoms with Gasteiger partial charge in [-0.15, -0.1) is 0 Å². The Morgan fingerprint density at radius 2 is 2.07 bits per heavy atom. The fourth-order valence-electron chi connectivity index (χ4n) is 1.42. The molecule has 3 nitrogen and oxygen atoms in total. The molecule has 0 aliphatic carbocycles. The molecule has 1 aliphatic heterocycles. The van der Waals surface area contributed by atoms with Crippen LogP contribution in [0.2, 0.25) is 0 Å². The van der Waals surface area contributed by atoms with Crippen molar-refractivity contribution in [3.63, 3.8) is 0 Å². The van der Waals surface area contributed by atoms with Crippen LogP contribution in [0.1, 0.15) is 11.7 Å². The molecule has 4 heteroatoms. The number of rotatable bonds is 1. The number of hydrogen-bond donors (Lipinski definition) is 0. The molecule has 1 saturated heterocycles. The summed E-state index contributed by atoms with van der Waals surface area (Å²) in [6.45, 7) is 0.625. The van der Waals surface area contributed by atoms with Crippen molar-refractivity contribution in [2.24, 2.45) is 0 Å². The van der Waals surface area contributed by atoms with E-state index in [0.29, 0.717) is 6.54 Å². The molecule has 74 valence electrons. The average Bonchev–Trinajstić information content (AvgIpc) is 2.48. The molecule has 0 unspecified atom stereocenters. The largest absolute Gasteiger partial charge is 0.439 e. The van der Waals surface area contributed by atoms with Gasteiger partial charge in [0.05, 0.1) is 6.54 Å². The average molecular weight is 256 g/mol. The first-order valence-electron chi connectivity index (χ1n) is 4.34. The highest BCUT2D eigenvalue weighted by atomic mass is 79.9. The molecule has 0 N–H and O–H groups in total. The van der Waals surface area contributed by atoms with Gasteiger partial charge in [-0.05, 0) is 17.7 Å². The van der Waals surface area contributed by atoms with E-state index in [1.807, 2.05) is 24.3 Å². The van der Waals surface area contributed by atoms with Gasteiger partial charge in [0.25, 0.3) is 0 Å². The van der Waals surface area contributed by atoms with Gasteiger partial charge in [0, 0.05) is 11.5 Å². The van der Waals surface area contributed by atoms with Crippen LogP contribution in [0.15, 0.2) is 28.7 Å². The van der Waals surface area contributed by atoms with Gasteiger partial charge in [0.15, 0.2) is 0 Å². The Kier molecular flexibility index (Phi) is 2.46. The standard InChI is InChI=1S/C10H10BrNO2/c1-12-6-9(14-10(12)13)7-2-4-8(11)5-3-7/h2-5,9H,6H2,1H3/t9-/m0/s1. The summed E-state index contributed by atoms with van der Waals surface area (Å²) in [6, 6.07) is 7.81. The Morgan fingerprint density at radius 3 is 2.57 bits per heavy atom. The number of amides is 1. The fourth-order valence-corrected chi connectivity index (χ4v) is 1.69. The van der Waals surface area contributed by atoms with Crippen molar-refractivity contribution in [2.45, 2.75) is 6.10 Å². The summed E-state index contributed by atoms with van der Waals surface area (Å²) in [5.74, 6) is 0. The van der Waals surface area contributed by atoms with Crippen LogP contribution in [0.3, 0.4) is 0 Å². The van der Waals surface area contributed by atoms with Crippen molar-refractivity contribution < 1.29 is 9.53 Å². The first-order chi connectivity index (χ1) is 6.66. The molecule has 1 aliphatic rings. The number of halogens is 1. The minimum absolute atomic E-state index is 0.124. The summed E-state index contributed by atoms with van der Waals surface area (Å²) in [5.41, 5.74) is 1.03. The van der Waals surface area contributed by atoms with Crippen LogP contribution in [-0.2, 0) is 4.74 Å². The van der Waals surface area contributed by atoms with Crippen LogP contribution in [0.4, 0.5) is 4.79 Å². The van der Waals surface area contributed by atoms with E-state index in [4.69, 9.17) is 4.74 Å². The third-order valence-corrected chi connectivity index (χ3v) is 2.76. The number of nitrogens with zero attached hydrogens (tertiary/aromatic N) is 1. The smallest absolute Gasteiger partial charge is 0.410 e. The molecule has 1 fully saturated rings. The van der Waals surface area contributed by atoms with Crippen molar-refractivity contribution in [3.8, 4) is 0 Å². The highest BCUT2D eigenvalue weighted by Crippen LogP contribution is 2.25. The maximum atomic E-state index is 11.1. The number of likely N-dealkylation sites (N-methyl/N-ethyl adjacent to an activating group) is 1. The maximum absolute atomic E-state index is 11.1. The molecule has 0 aromatic heterocycles. The van der Waals surface area contributed by atoms with Gasteiger partial charge in [0.1, 0.15) is 6.10 Å². The van der Waals surface area contributed by atoms with Crippen LogP contribution in [-0.4, -0.2) is 24.6 Å². The summed E-state index contributed by atoms with van der Waals surface area (Å²) in [5, 5.41) is 0. The number of carbonyl (C=O) groups is 1. The van der Waals surface area contributed by atoms with Crippen molar-refractivity contribution >= 4 is 22.0 Å². The maximum Gasteiger partial charge on any atom is 0.410 e. The van der Waals surface area contributed by atoms with Crippen LogP contribution < -0.4 is 0 Å². The lowest BCUT2D eigenvalue weighted by Crippen LogP contribution is -2.17. The first kappa shape index (κ1) is 9.52. The Labute approximate surface area is 90.8 Å². The van der Waals surface area contributed by atoms with Gasteiger partial charge in [-0.1, -0.05) is 28.1 Å². The molecule has 14 heavy (non-hydrogen) atoms. The molecule has 1 amide bonds. The normalized spacial score (nSPS) is 21.1. The summed E-state index contributed by atoms with van der Waals surface area (Å²) in [6.07, 6.45) is -0.376. The van der Waals surface area contributed by atoms with E-state index in [0.717, 1.165) is 10.0 Å². The van der Waals surface area contributed by atoms with Crippen LogP contribution >= 0.6 is 15.9 Å². The van der Waals surface area contributed by atoms with Gasteiger partial charge >= 0.3 is 6.09 Å². The quantitative estimate of drug-likeness (QED) is 0.772. The van der Waals surface area contributed by atoms with E-state index in [1.165, 1.54) is 0 Å². The Morgan fingerprint density at radius 1 is 1.43 bits per heavy atom. The molecule has 0 bridgehead atoms. The van der Waals surface area contributed by atoms with Gasteiger partial charge in [0.2, 0.25) is 0 Å². The topological polar surface area (TPSA) is 29.5 Å². The summed E-state index contributed by atoms with van der Waals surface area (Å²) < 4.78 is 6.20. The van der Waals surface area contributed by atoms with Crippen LogP contribution in [0.25, 0.3) is 0 Å². The van der Waals surface area contributed by atoms with E-state index in [-0.39, 0.29) is 12.2 Å². The zero-order chi connectivity index (χ0) is 10.1. The second kappa shape index (κ2) is 3.61. The minimum atomic E-state index is -0.252. The van der Waals surface area contributed by atoms with Crippen LogP contribution in [0, 0.1) is 0 Å². The monoisotopic (exact) mass is 255 g/mol. The SMILES string of the molecule is CN1C[C@@H](c2ccc(Br)cc2)OC1=O. The number of carbonyl (C=O) groups excluding carboxylic acids is 1. The second-order valence-electron chi connectivity index (χ2n) is 3.30. The van der Waals surface area contributed by atoms with E-state index < -0.39 is 0 Å². The first-order valence-corrected chi connectivity index (χ1v) is 5.13. The predicted molar refractivity (Wildman–Crippen MR) is 56.0 cm³/mol. The van der Waals surface area contributed by atoms with Gasteiger partial charge in [-0.25, -0.2) is 4.79 Å². The minimum Gasteiger partial charge on any atom is -0.439 e. The Bertz CT molecular complexity index is 350. The third kappa shape index (κ3) is 1.75. The molecule has 1 atom stereocenters. The van der Waals surface area contributed by atoms with Gasteiger partial charge in [-0.3, -0.25) is 0 Å². The van der Waals surface area contributed by atoms with E-state index >= 15 is 0 Å². The number of ether oxygens (including phenoxy) is 1. The van der Waals surface area contributed by atoms with Crippen molar-refractivity contribution in [1.29, 1.82) is 0 Å². The Balaban J connectivity index is 2.17. The Hall–Kier alpha value is -1.03.